The fourth-order valence-electron chi connectivity index (χ4n) is 2.60. The first kappa shape index (κ1) is 19.2. The summed E-state index contributed by atoms with van der Waals surface area (Å²) in [6.45, 7) is 1.28. The number of aromatic hydroxyl groups is 1. The zero-order chi connectivity index (χ0) is 20.5. The van der Waals surface area contributed by atoms with E-state index in [1.54, 1.807) is 24.3 Å². The smallest absolute Gasteiger partial charge is 0.364 e. The summed E-state index contributed by atoms with van der Waals surface area (Å²) in [5.41, 5.74) is 0.678. The molecule has 4 N–H and O–H groups in total. The number of urea groups is 1. The number of benzene rings is 2. The molecule has 3 aromatic rings. The molecule has 0 fully saturated rings. The van der Waals surface area contributed by atoms with Crippen molar-refractivity contribution in [3.8, 4) is 5.88 Å². The van der Waals surface area contributed by atoms with E-state index in [-0.39, 0.29) is 16.3 Å². The number of azo groups is 1. The van der Waals surface area contributed by atoms with E-state index in [0.29, 0.717) is 10.9 Å². The third-order valence-corrected chi connectivity index (χ3v) is 4.74. The number of sulfonamides is 1. The van der Waals surface area contributed by atoms with Crippen LogP contribution < -0.4 is 10.5 Å². The number of nitrogens with two attached hydrogens (primary N) is 1. The van der Waals surface area contributed by atoms with Gasteiger partial charge in [-0.2, -0.15) is 0 Å². The third-order valence-electron chi connectivity index (χ3n) is 3.81. The van der Waals surface area contributed by atoms with Gasteiger partial charge in [0, 0.05) is 18.0 Å². The number of para-hydroxylation sites is 1. The molecule has 0 unspecified atom stereocenters. The standard InChI is InChI=1S/C17H15N5O5S/c1-10(23)22-14-5-3-2-4-13(14)15(16(22)24)20-21-17(25)19-11-6-8-12(9-7-11)28(18,26)27/h2-9,24H,1H3,(H,19,25)(H2,18,26,27). The molecule has 1 heterocycles. The third kappa shape index (κ3) is 3.75. The minimum atomic E-state index is -3.84. The van der Waals surface area contributed by atoms with E-state index in [1.165, 1.54) is 31.2 Å². The number of carbonyl (C=O) groups excluding carboxylic acids is 2. The van der Waals surface area contributed by atoms with Crippen molar-refractivity contribution in [1.82, 2.24) is 4.57 Å². The predicted octanol–water partition coefficient (Wildman–Crippen LogP) is 2.97. The highest BCUT2D eigenvalue weighted by molar-refractivity contribution is 7.89. The van der Waals surface area contributed by atoms with E-state index >= 15 is 0 Å². The van der Waals surface area contributed by atoms with Gasteiger partial charge in [0.25, 0.3) is 0 Å². The number of carbonyl (C=O) groups is 2. The second kappa shape index (κ2) is 7.21. The Morgan fingerprint density at radius 2 is 1.75 bits per heavy atom. The summed E-state index contributed by atoms with van der Waals surface area (Å²) >= 11 is 0. The molecule has 0 radical (unpaired) electrons. The first-order chi connectivity index (χ1) is 13.2. The lowest BCUT2D eigenvalue weighted by molar-refractivity contribution is 0.0933. The summed E-state index contributed by atoms with van der Waals surface area (Å²) in [6.07, 6.45) is 0. The number of fused-ring (bicyclic) bond motifs is 1. The summed E-state index contributed by atoms with van der Waals surface area (Å²) < 4.78 is 23.5. The van der Waals surface area contributed by atoms with Crippen molar-refractivity contribution >= 4 is 44.2 Å². The van der Waals surface area contributed by atoms with Crippen molar-refractivity contribution in [2.24, 2.45) is 15.4 Å². The molecule has 2 amide bonds. The number of amides is 2. The Kier molecular flexibility index (Phi) is 4.94. The van der Waals surface area contributed by atoms with Crippen molar-refractivity contribution in [1.29, 1.82) is 0 Å². The second-order valence-corrected chi connectivity index (χ2v) is 7.30. The van der Waals surface area contributed by atoms with Crippen LogP contribution in [0.3, 0.4) is 0 Å². The molecular weight excluding hydrogens is 386 g/mol. The Bertz CT molecular complexity index is 1210. The fraction of sp³-hybridized carbons (Fsp3) is 0.0588. The van der Waals surface area contributed by atoms with Crippen LogP contribution in [0.4, 0.5) is 16.2 Å². The summed E-state index contributed by atoms with van der Waals surface area (Å²) in [7, 11) is -3.84. The molecule has 11 heteroatoms. The number of primary sulfonamides is 1. The van der Waals surface area contributed by atoms with Crippen molar-refractivity contribution in [3.05, 3.63) is 48.5 Å². The molecule has 0 aliphatic heterocycles. The molecule has 144 valence electrons. The zero-order valence-electron chi connectivity index (χ0n) is 14.5. The number of nitrogens with one attached hydrogen (secondary N) is 1. The number of anilines is 1. The summed E-state index contributed by atoms with van der Waals surface area (Å²) in [6, 6.07) is 10.9. The highest BCUT2D eigenvalue weighted by Gasteiger charge is 2.19. The van der Waals surface area contributed by atoms with Crippen molar-refractivity contribution in [2.75, 3.05) is 5.32 Å². The molecule has 0 bridgehead atoms. The molecule has 28 heavy (non-hydrogen) atoms. The molecule has 10 nitrogen and oxygen atoms in total. The lowest BCUT2D eigenvalue weighted by Crippen LogP contribution is -2.12. The van der Waals surface area contributed by atoms with Gasteiger partial charge in [-0.25, -0.2) is 22.9 Å². The van der Waals surface area contributed by atoms with Crippen LogP contribution in [0.25, 0.3) is 10.9 Å². The first-order valence-corrected chi connectivity index (χ1v) is 9.42. The number of rotatable bonds is 3. The predicted molar refractivity (Wildman–Crippen MR) is 101 cm³/mol. The Morgan fingerprint density at radius 3 is 2.36 bits per heavy atom. The van der Waals surface area contributed by atoms with Gasteiger partial charge in [0.2, 0.25) is 21.8 Å². The highest BCUT2D eigenvalue weighted by Crippen LogP contribution is 2.38. The van der Waals surface area contributed by atoms with Gasteiger partial charge in [0.1, 0.15) is 0 Å². The molecular formula is C17H15N5O5S. The van der Waals surface area contributed by atoms with Gasteiger partial charge in [-0.05, 0) is 30.3 Å². The Hall–Kier alpha value is -3.57. The lowest BCUT2D eigenvalue weighted by Gasteiger charge is -2.02. The molecule has 0 saturated carbocycles. The summed E-state index contributed by atoms with van der Waals surface area (Å²) in [5.74, 6) is -0.850. The van der Waals surface area contributed by atoms with Crippen LogP contribution in [0.5, 0.6) is 5.88 Å². The maximum absolute atomic E-state index is 12.0. The average molecular weight is 401 g/mol. The van der Waals surface area contributed by atoms with Crippen LogP contribution in [0.15, 0.2) is 63.7 Å². The van der Waals surface area contributed by atoms with Crippen LogP contribution in [-0.2, 0) is 10.0 Å². The average Bonchev–Trinajstić information content (AvgIpc) is 2.91. The number of hydrogen-bond acceptors (Lipinski definition) is 6. The molecule has 0 spiro atoms. The summed E-state index contributed by atoms with van der Waals surface area (Å²) in [5, 5.41) is 25.4. The molecule has 1 aromatic heterocycles. The first-order valence-electron chi connectivity index (χ1n) is 7.87. The molecule has 2 aromatic carbocycles. The minimum absolute atomic E-state index is 0.0227. The maximum Gasteiger partial charge on any atom is 0.364 e. The summed E-state index contributed by atoms with van der Waals surface area (Å²) in [4.78, 5) is 23.7. The van der Waals surface area contributed by atoms with Crippen LogP contribution in [-0.4, -0.2) is 30.0 Å². The van der Waals surface area contributed by atoms with E-state index in [4.69, 9.17) is 5.14 Å². The maximum atomic E-state index is 12.0. The molecule has 0 atom stereocenters. The van der Waals surface area contributed by atoms with Crippen LogP contribution in [0.1, 0.15) is 11.7 Å². The van der Waals surface area contributed by atoms with Gasteiger partial charge in [-0.1, -0.05) is 23.3 Å². The lowest BCUT2D eigenvalue weighted by atomic mass is 10.2. The normalized spacial score (nSPS) is 11.8. The number of aromatic nitrogens is 1. The number of hydrogen-bond donors (Lipinski definition) is 3. The largest absolute Gasteiger partial charge is 0.493 e. The van der Waals surface area contributed by atoms with Gasteiger partial charge in [-0.3, -0.25) is 4.79 Å². The van der Waals surface area contributed by atoms with Crippen molar-refractivity contribution in [2.45, 2.75) is 11.8 Å². The zero-order valence-corrected chi connectivity index (χ0v) is 15.3. The van der Waals surface area contributed by atoms with Gasteiger partial charge in [-0.15, -0.1) is 5.11 Å². The topological polar surface area (TPSA) is 156 Å². The second-order valence-electron chi connectivity index (χ2n) is 5.74. The Morgan fingerprint density at radius 1 is 1.11 bits per heavy atom. The van der Waals surface area contributed by atoms with E-state index < -0.39 is 27.8 Å². The van der Waals surface area contributed by atoms with E-state index in [2.05, 4.69) is 15.5 Å². The molecule has 0 saturated heterocycles. The van der Waals surface area contributed by atoms with E-state index in [0.717, 1.165) is 4.57 Å². The SMILES string of the molecule is CC(=O)n1c(O)c(N=NC(=O)Nc2ccc(S(N)(=O)=O)cc2)c2ccccc21. The molecule has 0 aliphatic carbocycles. The molecule has 0 aliphatic rings. The van der Waals surface area contributed by atoms with Crippen LogP contribution >= 0.6 is 0 Å². The Labute approximate surface area is 159 Å². The van der Waals surface area contributed by atoms with Crippen molar-refractivity contribution < 1.29 is 23.1 Å². The van der Waals surface area contributed by atoms with Crippen LogP contribution in [0.2, 0.25) is 0 Å². The van der Waals surface area contributed by atoms with Gasteiger partial charge in [0.15, 0.2) is 5.69 Å². The van der Waals surface area contributed by atoms with E-state index in [1.807, 2.05) is 0 Å². The highest BCUT2D eigenvalue weighted by atomic mass is 32.2. The van der Waals surface area contributed by atoms with Crippen molar-refractivity contribution in [3.63, 3.8) is 0 Å². The Balaban J connectivity index is 1.85. The van der Waals surface area contributed by atoms with Gasteiger partial charge < -0.3 is 10.4 Å². The fourth-order valence-corrected chi connectivity index (χ4v) is 3.11. The quantitative estimate of drug-likeness (QED) is 0.575. The van der Waals surface area contributed by atoms with Crippen LogP contribution in [0, 0.1) is 0 Å². The minimum Gasteiger partial charge on any atom is -0.493 e. The monoisotopic (exact) mass is 401 g/mol. The van der Waals surface area contributed by atoms with Gasteiger partial charge in [0.05, 0.1) is 10.4 Å². The number of nitrogens with zero attached hydrogens (tertiary/aromatic N) is 3. The van der Waals surface area contributed by atoms with Gasteiger partial charge >= 0.3 is 6.03 Å². The molecule has 3 rings (SSSR count). The van der Waals surface area contributed by atoms with E-state index in [9.17, 15) is 23.1 Å².